The Labute approximate surface area is 119 Å². The summed E-state index contributed by atoms with van der Waals surface area (Å²) in [6.45, 7) is 0.530. The molecule has 0 saturated carbocycles. The van der Waals surface area contributed by atoms with Crippen LogP contribution in [0, 0.1) is 0 Å². The molecule has 0 aromatic rings. The second-order valence-corrected chi connectivity index (χ2v) is 4.89. The van der Waals surface area contributed by atoms with Crippen molar-refractivity contribution in [3.8, 4) is 0 Å². The summed E-state index contributed by atoms with van der Waals surface area (Å²) in [6.07, 6.45) is 4.87. The maximum atomic E-state index is 11.0. The largest absolute Gasteiger partial charge is 1.00 e. The Morgan fingerprint density at radius 1 is 1.21 bits per heavy atom. The zero-order valence-electron chi connectivity index (χ0n) is 8.51. The maximum absolute atomic E-state index is 11.0. The summed E-state index contributed by atoms with van der Waals surface area (Å²) < 4.78 is 4.98. The molecule has 0 bridgehead atoms. The molecule has 0 aliphatic carbocycles. The third kappa shape index (κ3) is 13.2. The minimum Gasteiger partial charge on any atom is -1.00 e. The van der Waals surface area contributed by atoms with Crippen LogP contribution in [0.1, 0.15) is 32.1 Å². The average molecular weight is 382 g/mol. The summed E-state index contributed by atoms with van der Waals surface area (Å²) in [4.78, 5) is 11.0. The second-order valence-electron chi connectivity index (χ2n) is 2.96. The minimum absolute atomic E-state index is 0. The van der Waals surface area contributed by atoms with Crippen LogP contribution < -0.4 is 24.0 Å². The fourth-order valence-electron chi connectivity index (χ4n) is 0.946. The van der Waals surface area contributed by atoms with E-state index >= 15 is 0 Å². The maximum Gasteiger partial charge on any atom is -1.00 e. The Morgan fingerprint density at radius 3 is 2.50 bits per heavy atom. The third-order valence-electron chi connectivity index (χ3n) is 1.70. The van der Waals surface area contributed by atoms with Crippen molar-refractivity contribution in [2.24, 2.45) is 0 Å². The number of hydrogen-bond donors (Lipinski definition) is 1. The first-order valence-corrected chi connectivity index (χ1v) is 7.60. The zero-order valence-corrected chi connectivity index (χ0v) is 14.5. The monoisotopic (exact) mass is 380 g/mol. The number of unbranched alkanes of at least 4 members (excludes halogenated alkanes) is 2. The van der Waals surface area contributed by atoms with E-state index < -0.39 is 0 Å². The van der Waals surface area contributed by atoms with Crippen LogP contribution in [0.3, 0.4) is 0 Å². The van der Waals surface area contributed by atoms with Crippen LogP contribution in [0.4, 0.5) is 0 Å². The van der Waals surface area contributed by atoms with Gasteiger partial charge in [-0.05, 0) is 0 Å². The Kier molecular flexibility index (Phi) is 17.8. The summed E-state index contributed by atoms with van der Waals surface area (Å²) in [6, 6.07) is 0. The molecule has 0 saturated heterocycles. The summed E-state index contributed by atoms with van der Waals surface area (Å²) in [7, 11) is 0. The van der Waals surface area contributed by atoms with Crippen LogP contribution in [0.25, 0.3) is 0 Å². The molecule has 0 heterocycles. The number of ether oxygens (including phenoxy) is 1. The van der Waals surface area contributed by atoms with Crippen LogP contribution >= 0.6 is 12.6 Å². The molecule has 0 rings (SSSR count). The van der Waals surface area contributed by atoms with Gasteiger partial charge in [-0.2, -0.15) is 0 Å². The molecule has 0 aliphatic heterocycles. The summed E-state index contributed by atoms with van der Waals surface area (Å²) >= 11 is 5.40. The molecule has 0 fully saturated rings. The molecule has 0 unspecified atom stereocenters. The van der Waals surface area contributed by atoms with Gasteiger partial charge in [-0.3, -0.25) is 0 Å². The molecule has 5 heteroatoms. The smallest absolute Gasteiger partial charge is 1.00 e. The summed E-state index contributed by atoms with van der Waals surface area (Å²) in [5.74, 6) is 0.738. The van der Waals surface area contributed by atoms with Crippen LogP contribution in [-0.4, -0.2) is 18.3 Å². The SMILES string of the molecule is O=C(CCCC[CH2][Zn+])OCCCS.[I-]. The Bertz CT molecular complexity index is 136. The van der Waals surface area contributed by atoms with Gasteiger partial charge in [-0.1, -0.05) is 0 Å². The summed E-state index contributed by atoms with van der Waals surface area (Å²) in [5, 5.41) is 1.33. The van der Waals surface area contributed by atoms with Crippen LogP contribution in [0.2, 0.25) is 5.02 Å². The predicted molar refractivity (Wildman–Crippen MR) is 52.7 cm³/mol. The van der Waals surface area contributed by atoms with Crippen molar-refractivity contribution in [2.75, 3.05) is 12.4 Å². The second kappa shape index (κ2) is 14.2. The third-order valence-corrected chi connectivity index (χ3v) is 3.06. The average Bonchev–Trinajstić information content (AvgIpc) is 2.13. The van der Waals surface area contributed by atoms with Gasteiger partial charge < -0.3 is 24.0 Å². The van der Waals surface area contributed by atoms with Gasteiger partial charge in [0.25, 0.3) is 0 Å². The topological polar surface area (TPSA) is 26.3 Å². The van der Waals surface area contributed by atoms with Gasteiger partial charge in [0.1, 0.15) is 0 Å². The van der Waals surface area contributed by atoms with E-state index in [1.165, 1.54) is 36.2 Å². The molecular formula is C9H17IO2SZn. The van der Waals surface area contributed by atoms with Gasteiger partial charge in [0.05, 0.1) is 0 Å². The molecule has 2 nitrogen and oxygen atoms in total. The molecular weight excluding hydrogens is 364 g/mol. The Hall–Kier alpha value is 1.17. The molecule has 0 radical (unpaired) electrons. The van der Waals surface area contributed by atoms with E-state index in [0.29, 0.717) is 13.0 Å². The molecule has 14 heavy (non-hydrogen) atoms. The molecule has 0 N–H and O–H groups in total. The number of esters is 1. The van der Waals surface area contributed by atoms with E-state index in [9.17, 15) is 4.79 Å². The molecule has 0 aromatic carbocycles. The molecule has 0 amide bonds. The minimum atomic E-state index is -0.0473. The van der Waals surface area contributed by atoms with E-state index in [-0.39, 0.29) is 29.9 Å². The first-order chi connectivity index (χ1) is 6.31. The number of hydrogen-bond acceptors (Lipinski definition) is 3. The first-order valence-electron chi connectivity index (χ1n) is 4.87. The fourth-order valence-corrected chi connectivity index (χ4v) is 1.82. The van der Waals surface area contributed by atoms with Crippen molar-refractivity contribution >= 4 is 18.6 Å². The van der Waals surface area contributed by atoms with Crippen LogP contribution in [0.15, 0.2) is 0 Å². The fraction of sp³-hybridized carbons (Fsp3) is 0.889. The van der Waals surface area contributed by atoms with Gasteiger partial charge in [-0.15, -0.1) is 0 Å². The number of carbonyl (C=O) groups excluding carboxylic acids is 1. The molecule has 0 spiro atoms. The van der Waals surface area contributed by atoms with Gasteiger partial charge in [0.2, 0.25) is 0 Å². The van der Waals surface area contributed by atoms with Gasteiger partial charge in [0, 0.05) is 0 Å². The molecule has 0 aromatic heterocycles. The van der Waals surface area contributed by atoms with Crippen molar-refractivity contribution < 1.29 is 51.8 Å². The van der Waals surface area contributed by atoms with Gasteiger partial charge >= 0.3 is 95.9 Å². The van der Waals surface area contributed by atoms with Crippen molar-refractivity contribution in [3.63, 3.8) is 0 Å². The Morgan fingerprint density at radius 2 is 1.93 bits per heavy atom. The Balaban J connectivity index is 0. The standard InChI is InChI=1S/C9H17O2S.HI.Zn/c1-2-3-4-6-9(10)11-7-5-8-12;;/h12H,1-8H2;1H;/q;;+1/p-1. The number of halogens is 1. The van der Waals surface area contributed by atoms with Crippen LogP contribution in [0.5, 0.6) is 0 Å². The van der Waals surface area contributed by atoms with Crippen molar-refractivity contribution in [1.82, 2.24) is 0 Å². The van der Waals surface area contributed by atoms with E-state index in [4.69, 9.17) is 4.74 Å². The molecule has 0 atom stereocenters. The number of carbonyl (C=O) groups is 1. The normalized spacial score (nSPS) is 9.36. The first kappa shape index (κ1) is 17.6. The van der Waals surface area contributed by atoms with Crippen molar-refractivity contribution in [2.45, 2.75) is 37.1 Å². The molecule has 0 aliphatic rings. The number of rotatable bonds is 8. The van der Waals surface area contributed by atoms with Gasteiger partial charge in [-0.25, -0.2) is 0 Å². The zero-order chi connectivity index (χ0) is 9.94. The van der Waals surface area contributed by atoms with E-state index in [2.05, 4.69) is 12.6 Å². The quantitative estimate of drug-likeness (QED) is 0.199. The van der Waals surface area contributed by atoms with Gasteiger partial charge in [0.15, 0.2) is 0 Å². The van der Waals surface area contributed by atoms with E-state index in [1.54, 1.807) is 0 Å². The summed E-state index contributed by atoms with van der Waals surface area (Å²) in [5.41, 5.74) is 0. The number of thiol groups is 1. The predicted octanol–water partition coefficient (Wildman–Crippen LogP) is -0.621. The molecule has 80 valence electrons. The van der Waals surface area contributed by atoms with E-state index in [0.717, 1.165) is 18.6 Å². The van der Waals surface area contributed by atoms with Crippen molar-refractivity contribution in [3.05, 3.63) is 0 Å². The van der Waals surface area contributed by atoms with Crippen LogP contribution in [-0.2, 0) is 27.8 Å². The van der Waals surface area contributed by atoms with E-state index in [1.807, 2.05) is 0 Å². The van der Waals surface area contributed by atoms with Crippen molar-refractivity contribution in [1.29, 1.82) is 0 Å².